The molecule has 0 aliphatic heterocycles. The Balaban J connectivity index is 1.63. The van der Waals surface area contributed by atoms with Gasteiger partial charge in [-0.3, -0.25) is 4.98 Å². The normalized spacial score (nSPS) is 11.0. The second kappa shape index (κ2) is 10.5. The van der Waals surface area contributed by atoms with Gasteiger partial charge in [-0.2, -0.15) is 0 Å². The molecule has 0 spiro atoms. The van der Waals surface area contributed by atoms with Gasteiger partial charge in [0.1, 0.15) is 0 Å². The highest BCUT2D eigenvalue weighted by Gasteiger charge is 2.02. The first-order valence-corrected chi connectivity index (χ1v) is 9.08. The van der Waals surface area contributed by atoms with Crippen molar-refractivity contribution in [2.24, 2.45) is 0 Å². The summed E-state index contributed by atoms with van der Waals surface area (Å²) in [6.07, 6.45) is 11.6. The van der Waals surface area contributed by atoms with Gasteiger partial charge >= 0.3 is 0 Å². The van der Waals surface area contributed by atoms with Crippen LogP contribution in [0.5, 0.6) is 0 Å². The molecule has 0 amide bonds. The van der Waals surface area contributed by atoms with Gasteiger partial charge in [0.2, 0.25) is 0 Å². The minimum atomic E-state index is 0.335. The number of anilines is 1. The number of hydrogen-bond donors (Lipinski definition) is 2. The zero-order chi connectivity index (χ0) is 16.3. The molecule has 4 heteroatoms. The average Bonchev–Trinajstić information content (AvgIpc) is 2.56. The van der Waals surface area contributed by atoms with Crippen molar-refractivity contribution >= 4 is 28.2 Å². The van der Waals surface area contributed by atoms with Gasteiger partial charge in [0.05, 0.1) is 5.52 Å². The van der Waals surface area contributed by atoms with Crippen LogP contribution < -0.4 is 5.32 Å². The lowest BCUT2D eigenvalue weighted by molar-refractivity contribution is 0.282. The summed E-state index contributed by atoms with van der Waals surface area (Å²) in [5.74, 6) is 0. The van der Waals surface area contributed by atoms with Crippen molar-refractivity contribution in [2.45, 2.75) is 51.4 Å². The van der Waals surface area contributed by atoms with E-state index in [0.717, 1.165) is 41.0 Å². The number of rotatable bonds is 11. The third kappa shape index (κ3) is 6.36. The van der Waals surface area contributed by atoms with E-state index in [2.05, 4.69) is 10.3 Å². The van der Waals surface area contributed by atoms with E-state index in [9.17, 15) is 0 Å². The Morgan fingerprint density at radius 1 is 0.913 bits per heavy atom. The highest BCUT2D eigenvalue weighted by molar-refractivity contribution is 6.31. The third-order valence-corrected chi connectivity index (χ3v) is 4.34. The van der Waals surface area contributed by atoms with Crippen LogP contribution in [0.3, 0.4) is 0 Å². The van der Waals surface area contributed by atoms with Gasteiger partial charge in [-0.15, -0.1) is 0 Å². The minimum Gasteiger partial charge on any atom is -0.396 e. The molecule has 126 valence electrons. The Morgan fingerprint density at radius 2 is 1.61 bits per heavy atom. The number of hydrogen-bond acceptors (Lipinski definition) is 3. The standard InChI is InChI=1S/C19H27ClN2O/c20-16-9-10-17-18(11-13-22-19(17)15-16)21-12-7-5-3-1-2-4-6-8-14-23/h9-11,13,15,23H,1-8,12,14H2,(H,21,22). The molecule has 0 aliphatic rings. The molecule has 0 radical (unpaired) electrons. The predicted molar refractivity (Wildman–Crippen MR) is 99.3 cm³/mol. The molecule has 2 rings (SSSR count). The molecule has 2 N–H and O–H groups in total. The minimum absolute atomic E-state index is 0.335. The number of fused-ring (bicyclic) bond motifs is 1. The first-order valence-electron chi connectivity index (χ1n) is 8.70. The summed E-state index contributed by atoms with van der Waals surface area (Å²) < 4.78 is 0. The number of benzene rings is 1. The van der Waals surface area contributed by atoms with E-state index in [1.165, 1.54) is 38.5 Å². The topological polar surface area (TPSA) is 45.1 Å². The predicted octanol–water partition coefficient (Wildman–Crippen LogP) is 5.41. The van der Waals surface area contributed by atoms with E-state index < -0.39 is 0 Å². The van der Waals surface area contributed by atoms with Crippen molar-refractivity contribution in [3.63, 3.8) is 0 Å². The van der Waals surface area contributed by atoms with Crippen LogP contribution in [0.25, 0.3) is 10.9 Å². The fraction of sp³-hybridized carbons (Fsp3) is 0.526. The molecular formula is C19H27ClN2O. The van der Waals surface area contributed by atoms with Crippen LogP contribution in [0.1, 0.15) is 51.4 Å². The molecule has 1 aromatic heterocycles. The van der Waals surface area contributed by atoms with Gasteiger partial charge in [0, 0.05) is 35.4 Å². The van der Waals surface area contributed by atoms with Crippen molar-refractivity contribution in [3.8, 4) is 0 Å². The first kappa shape index (κ1) is 18.0. The molecule has 23 heavy (non-hydrogen) atoms. The molecule has 2 aromatic rings. The number of nitrogens with zero attached hydrogens (tertiary/aromatic N) is 1. The van der Waals surface area contributed by atoms with Crippen LogP contribution in [0.4, 0.5) is 5.69 Å². The van der Waals surface area contributed by atoms with Crippen molar-refractivity contribution in [1.82, 2.24) is 4.98 Å². The maximum atomic E-state index is 8.72. The summed E-state index contributed by atoms with van der Waals surface area (Å²) in [5.41, 5.74) is 2.07. The van der Waals surface area contributed by atoms with Gasteiger partial charge < -0.3 is 10.4 Å². The number of halogens is 1. The molecule has 1 heterocycles. The van der Waals surface area contributed by atoms with Crippen LogP contribution >= 0.6 is 11.6 Å². The lowest BCUT2D eigenvalue weighted by Crippen LogP contribution is -2.02. The molecule has 0 bridgehead atoms. The quantitative estimate of drug-likeness (QED) is 0.540. The lowest BCUT2D eigenvalue weighted by atomic mass is 10.1. The Hall–Kier alpha value is -1.32. The van der Waals surface area contributed by atoms with Crippen molar-refractivity contribution in [2.75, 3.05) is 18.5 Å². The first-order chi connectivity index (χ1) is 11.3. The molecule has 0 fully saturated rings. The molecule has 1 aromatic carbocycles. The second-order valence-corrected chi connectivity index (χ2v) is 6.44. The third-order valence-electron chi connectivity index (χ3n) is 4.11. The van der Waals surface area contributed by atoms with E-state index in [0.29, 0.717) is 6.61 Å². The van der Waals surface area contributed by atoms with E-state index >= 15 is 0 Å². The largest absolute Gasteiger partial charge is 0.396 e. The van der Waals surface area contributed by atoms with Gasteiger partial charge in [-0.1, -0.05) is 50.1 Å². The van der Waals surface area contributed by atoms with Crippen molar-refractivity contribution in [3.05, 3.63) is 35.5 Å². The maximum Gasteiger partial charge on any atom is 0.0737 e. The number of aliphatic hydroxyl groups excluding tert-OH is 1. The number of aliphatic hydroxyl groups is 1. The zero-order valence-corrected chi connectivity index (χ0v) is 14.5. The smallest absolute Gasteiger partial charge is 0.0737 e. The van der Waals surface area contributed by atoms with Crippen LogP contribution in [-0.2, 0) is 0 Å². The second-order valence-electron chi connectivity index (χ2n) is 6.00. The Morgan fingerprint density at radius 3 is 2.35 bits per heavy atom. The van der Waals surface area contributed by atoms with Crippen molar-refractivity contribution < 1.29 is 5.11 Å². The molecule has 0 unspecified atom stereocenters. The lowest BCUT2D eigenvalue weighted by Gasteiger charge is -2.09. The van der Waals surface area contributed by atoms with Gasteiger partial charge in [0.15, 0.2) is 0 Å². The fourth-order valence-corrected chi connectivity index (χ4v) is 2.96. The van der Waals surface area contributed by atoms with Crippen LogP contribution in [0.15, 0.2) is 30.5 Å². The van der Waals surface area contributed by atoms with Gasteiger partial charge in [0.25, 0.3) is 0 Å². The number of nitrogens with one attached hydrogen (secondary N) is 1. The summed E-state index contributed by atoms with van der Waals surface area (Å²) in [5, 5.41) is 14.1. The van der Waals surface area contributed by atoms with Gasteiger partial charge in [-0.05, 0) is 37.1 Å². The molecule has 0 saturated carbocycles. The molecular weight excluding hydrogens is 308 g/mol. The number of pyridine rings is 1. The molecule has 0 atom stereocenters. The van der Waals surface area contributed by atoms with E-state index in [4.69, 9.17) is 16.7 Å². The summed E-state index contributed by atoms with van der Waals surface area (Å²) >= 11 is 6.01. The molecule has 3 nitrogen and oxygen atoms in total. The SMILES string of the molecule is OCCCCCCCCCCNc1ccnc2cc(Cl)ccc12. The van der Waals surface area contributed by atoms with E-state index in [-0.39, 0.29) is 0 Å². The fourth-order valence-electron chi connectivity index (χ4n) is 2.80. The Labute approximate surface area is 144 Å². The van der Waals surface area contributed by atoms with Crippen molar-refractivity contribution in [1.29, 1.82) is 0 Å². The van der Waals surface area contributed by atoms with E-state index in [1.54, 1.807) is 0 Å². The molecule has 0 aliphatic carbocycles. The average molecular weight is 335 g/mol. The summed E-state index contributed by atoms with van der Waals surface area (Å²) in [7, 11) is 0. The highest BCUT2D eigenvalue weighted by atomic mass is 35.5. The molecule has 0 saturated heterocycles. The summed E-state index contributed by atoms with van der Waals surface area (Å²) in [4.78, 5) is 4.36. The monoisotopic (exact) mass is 334 g/mol. The Bertz CT molecular complexity index is 589. The Kier molecular flexibility index (Phi) is 8.19. The number of unbranched alkanes of at least 4 members (excludes halogenated alkanes) is 7. The van der Waals surface area contributed by atoms with Gasteiger partial charge in [-0.25, -0.2) is 0 Å². The summed E-state index contributed by atoms with van der Waals surface area (Å²) in [6, 6.07) is 7.86. The zero-order valence-electron chi connectivity index (χ0n) is 13.7. The van der Waals surface area contributed by atoms with Crippen LogP contribution in [-0.4, -0.2) is 23.2 Å². The van der Waals surface area contributed by atoms with Crippen LogP contribution in [0, 0.1) is 0 Å². The van der Waals surface area contributed by atoms with E-state index in [1.807, 2.05) is 30.5 Å². The summed E-state index contributed by atoms with van der Waals surface area (Å²) in [6.45, 7) is 1.33. The highest BCUT2D eigenvalue weighted by Crippen LogP contribution is 2.24. The number of aromatic nitrogens is 1. The van der Waals surface area contributed by atoms with Crippen LogP contribution in [0.2, 0.25) is 5.02 Å². The maximum absolute atomic E-state index is 8.72.